The average molecular weight is 257 g/mol. The summed E-state index contributed by atoms with van der Waals surface area (Å²) in [5, 5.41) is 4.90. The summed E-state index contributed by atoms with van der Waals surface area (Å²) in [6.45, 7) is 8.70. The van der Waals surface area contributed by atoms with Crippen LogP contribution in [-0.2, 0) is 6.42 Å². The molecular weight excluding hydrogens is 232 g/mol. The predicted molar refractivity (Wildman–Crippen MR) is 74.6 cm³/mol. The van der Waals surface area contributed by atoms with Crippen LogP contribution in [0, 0.1) is 5.92 Å². The predicted octanol–water partition coefficient (Wildman–Crippen LogP) is 4.44. The second-order valence-corrected chi connectivity index (χ2v) is 5.50. The van der Waals surface area contributed by atoms with Crippen molar-refractivity contribution in [3.05, 3.63) is 18.0 Å². The first-order chi connectivity index (χ1) is 8.12. The van der Waals surface area contributed by atoms with Gasteiger partial charge in [0.2, 0.25) is 0 Å². The van der Waals surface area contributed by atoms with Crippen molar-refractivity contribution >= 4 is 11.6 Å². The van der Waals surface area contributed by atoms with Gasteiger partial charge in [-0.15, -0.1) is 11.6 Å². The highest BCUT2D eigenvalue weighted by Crippen LogP contribution is 2.20. The molecule has 3 heteroatoms. The van der Waals surface area contributed by atoms with Gasteiger partial charge in [-0.05, 0) is 38.2 Å². The molecule has 1 heterocycles. The van der Waals surface area contributed by atoms with Crippen LogP contribution in [0.25, 0.3) is 0 Å². The molecule has 2 nitrogen and oxygen atoms in total. The third-order valence-corrected chi connectivity index (χ3v) is 3.98. The van der Waals surface area contributed by atoms with Gasteiger partial charge in [-0.1, -0.05) is 27.2 Å². The minimum absolute atomic E-state index is 0.221. The van der Waals surface area contributed by atoms with Crippen LogP contribution < -0.4 is 0 Å². The van der Waals surface area contributed by atoms with Crippen LogP contribution in [0.15, 0.2) is 12.3 Å². The molecule has 0 saturated carbocycles. The number of alkyl halides is 1. The third-order valence-electron chi connectivity index (χ3n) is 3.63. The Morgan fingerprint density at radius 2 is 1.88 bits per heavy atom. The fraction of sp³-hybridized carbons (Fsp3) is 0.786. The van der Waals surface area contributed by atoms with Crippen molar-refractivity contribution in [1.82, 2.24) is 9.78 Å². The van der Waals surface area contributed by atoms with Crippen LogP contribution in [0.4, 0.5) is 0 Å². The zero-order valence-corrected chi connectivity index (χ0v) is 12.2. The molecule has 0 aliphatic carbocycles. The molecule has 0 amide bonds. The van der Waals surface area contributed by atoms with E-state index in [1.54, 1.807) is 0 Å². The number of nitrogens with zero attached hydrogens (tertiary/aromatic N) is 2. The van der Waals surface area contributed by atoms with E-state index < -0.39 is 0 Å². The maximum Gasteiger partial charge on any atom is 0.0628 e. The lowest BCUT2D eigenvalue weighted by Gasteiger charge is -2.16. The first-order valence-electron chi connectivity index (χ1n) is 6.80. The smallest absolute Gasteiger partial charge is 0.0628 e. The number of aromatic nitrogens is 2. The molecule has 0 aliphatic rings. The summed E-state index contributed by atoms with van der Waals surface area (Å²) in [5.41, 5.74) is 1.18. The molecule has 2 unspecified atom stereocenters. The minimum atomic E-state index is 0.221. The number of rotatable bonds is 7. The van der Waals surface area contributed by atoms with E-state index in [1.165, 1.54) is 5.69 Å². The number of halogens is 1. The summed E-state index contributed by atoms with van der Waals surface area (Å²) in [4.78, 5) is 0. The zero-order valence-electron chi connectivity index (χ0n) is 11.5. The molecule has 0 N–H and O–H groups in total. The van der Waals surface area contributed by atoms with E-state index in [9.17, 15) is 0 Å². The monoisotopic (exact) mass is 256 g/mol. The highest BCUT2D eigenvalue weighted by molar-refractivity contribution is 6.20. The van der Waals surface area contributed by atoms with Crippen molar-refractivity contribution in [3.8, 4) is 0 Å². The lowest BCUT2D eigenvalue weighted by Crippen LogP contribution is -2.14. The lowest BCUT2D eigenvalue weighted by atomic mass is 9.97. The van der Waals surface area contributed by atoms with Gasteiger partial charge in [0, 0.05) is 11.6 Å². The summed E-state index contributed by atoms with van der Waals surface area (Å²) < 4.78 is 2.11. The second-order valence-electron chi connectivity index (χ2n) is 4.81. The Balaban J connectivity index is 2.67. The van der Waals surface area contributed by atoms with E-state index in [0.29, 0.717) is 12.0 Å². The van der Waals surface area contributed by atoms with Gasteiger partial charge in [0.1, 0.15) is 0 Å². The van der Waals surface area contributed by atoms with Crippen molar-refractivity contribution in [2.45, 2.75) is 64.8 Å². The van der Waals surface area contributed by atoms with Gasteiger partial charge in [-0.25, -0.2) is 0 Å². The van der Waals surface area contributed by atoms with Gasteiger partial charge in [-0.2, -0.15) is 5.10 Å². The van der Waals surface area contributed by atoms with Crippen LogP contribution in [0.2, 0.25) is 0 Å². The largest absolute Gasteiger partial charge is 0.269 e. The highest BCUT2D eigenvalue weighted by atomic mass is 35.5. The van der Waals surface area contributed by atoms with Gasteiger partial charge in [0.15, 0.2) is 0 Å². The molecule has 1 aromatic rings. The van der Waals surface area contributed by atoms with Crippen LogP contribution >= 0.6 is 11.6 Å². The molecule has 0 aliphatic heterocycles. The summed E-state index contributed by atoms with van der Waals surface area (Å²) >= 11 is 6.18. The van der Waals surface area contributed by atoms with Crippen molar-refractivity contribution < 1.29 is 0 Å². The minimum Gasteiger partial charge on any atom is -0.269 e. The molecule has 2 atom stereocenters. The third kappa shape index (κ3) is 4.02. The van der Waals surface area contributed by atoms with Crippen LogP contribution in [-0.4, -0.2) is 15.2 Å². The van der Waals surface area contributed by atoms with Gasteiger partial charge in [0.25, 0.3) is 0 Å². The summed E-state index contributed by atoms with van der Waals surface area (Å²) in [5.74, 6) is 0.529. The molecule has 1 aromatic heterocycles. The normalized spacial score (nSPS) is 15.2. The maximum absolute atomic E-state index is 6.18. The molecular formula is C14H25ClN2. The Morgan fingerprint density at radius 1 is 1.24 bits per heavy atom. The SMILES string of the molecule is CCC(Cc1ccn(C(CC)CC)n1)C(C)Cl. The fourth-order valence-electron chi connectivity index (χ4n) is 2.25. The van der Waals surface area contributed by atoms with Gasteiger partial charge in [-0.3, -0.25) is 4.68 Å². The Morgan fingerprint density at radius 3 is 2.35 bits per heavy atom. The Labute approximate surface area is 110 Å². The van der Waals surface area contributed by atoms with Crippen LogP contribution in [0.5, 0.6) is 0 Å². The average Bonchev–Trinajstić information content (AvgIpc) is 2.76. The van der Waals surface area contributed by atoms with E-state index in [2.05, 4.69) is 49.7 Å². The molecule has 1 rings (SSSR count). The molecule has 0 aromatic carbocycles. The molecule has 0 fully saturated rings. The van der Waals surface area contributed by atoms with Gasteiger partial charge >= 0.3 is 0 Å². The van der Waals surface area contributed by atoms with E-state index in [0.717, 1.165) is 25.7 Å². The molecule has 0 radical (unpaired) electrons. The Kier molecular flexibility index (Phi) is 6.04. The zero-order chi connectivity index (χ0) is 12.8. The van der Waals surface area contributed by atoms with E-state index in [-0.39, 0.29) is 5.38 Å². The standard InChI is InChI=1S/C14H25ClN2/c1-5-12(11(4)15)10-13-8-9-17(16-13)14(6-2)7-3/h8-9,11-12,14H,5-7,10H2,1-4H3. The molecule has 0 bridgehead atoms. The first-order valence-corrected chi connectivity index (χ1v) is 7.24. The number of hydrogen-bond donors (Lipinski definition) is 0. The molecule has 0 spiro atoms. The first kappa shape index (κ1) is 14.6. The van der Waals surface area contributed by atoms with Crippen LogP contribution in [0.1, 0.15) is 58.7 Å². The fourth-order valence-corrected chi connectivity index (χ4v) is 2.52. The maximum atomic E-state index is 6.18. The van der Waals surface area contributed by atoms with Crippen LogP contribution in [0.3, 0.4) is 0 Å². The quantitative estimate of drug-likeness (QED) is 0.660. The highest BCUT2D eigenvalue weighted by Gasteiger charge is 2.16. The van der Waals surface area contributed by atoms with Gasteiger partial charge < -0.3 is 0 Å². The van der Waals surface area contributed by atoms with Crippen molar-refractivity contribution in [2.24, 2.45) is 5.92 Å². The molecule has 98 valence electrons. The summed E-state index contributed by atoms with van der Waals surface area (Å²) in [6.07, 6.45) is 6.50. The molecule has 0 saturated heterocycles. The number of hydrogen-bond acceptors (Lipinski definition) is 1. The lowest BCUT2D eigenvalue weighted by molar-refractivity contribution is 0.419. The Hall–Kier alpha value is -0.500. The van der Waals surface area contributed by atoms with Gasteiger partial charge in [0.05, 0.1) is 11.7 Å². The van der Waals surface area contributed by atoms with Crippen molar-refractivity contribution in [1.29, 1.82) is 0 Å². The van der Waals surface area contributed by atoms with Crippen molar-refractivity contribution in [2.75, 3.05) is 0 Å². The Bertz CT molecular complexity index is 316. The second kappa shape index (κ2) is 7.05. The van der Waals surface area contributed by atoms with E-state index in [1.807, 2.05) is 0 Å². The van der Waals surface area contributed by atoms with E-state index in [4.69, 9.17) is 11.6 Å². The molecule has 17 heavy (non-hydrogen) atoms. The topological polar surface area (TPSA) is 17.8 Å². The van der Waals surface area contributed by atoms with E-state index >= 15 is 0 Å². The summed E-state index contributed by atoms with van der Waals surface area (Å²) in [7, 11) is 0. The summed E-state index contributed by atoms with van der Waals surface area (Å²) in [6, 6.07) is 2.68. The van der Waals surface area contributed by atoms with Crippen molar-refractivity contribution in [3.63, 3.8) is 0 Å².